The Hall–Kier alpha value is -2.39. The van der Waals surface area contributed by atoms with Crippen molar-refractivity contribution in [3.8, 4) is 0 Å². The average molecular weight is 304 g/mol. The van der Waals surface area contributed by atoms with Gasteiger partial charge in [-0.15, -0.1) is 11.8 Å². The molecule has 0 fully saturated rings. The fraction of sp³-hybridized carbons (Fsp3) is 0.0526. The molecule has 3 heteroatoms. The molecule has 0 amide bonds. The van der Waals surface area contributed by atoms with Crippen LogP contribution in [0.15, 0.2) is 59.5 Å². The number of thioether (sulfide) groups is 1. The molecule has 0 unspecified atom stereocenters. The zero-order valence-corrected chi connectivity index (χ0v) is 12.7. The molecule has 3 aromatic carbocycles. The standard InChI is InChI=1S/C19H12O2S/c1-22-13-6-7-14-17(10-13)19(21)16-9-12-5-3-2-4-11(12)8-15(16)18(14)20/h2-10H,1H3. The molecule has 0 atom stereocenters. The summed E-state index contributed by atoms with van der Waals surface area (Å²) < 4.78 is 0. The lowest BCUT2D eigenvalue weighted by atomic mass is 9.83. The number of fused-ring (bicyclic) bond motifs is 3. The Balaban J connectivity index is 2.01. The second kappa shape index (κ2) is 4.82. The smallest absolute Gasteiger partial charge is 0.194 e. The first-order valence-corrected chi connectivity index (χ1v) is 8.22. The quantitative estimate of drug-likeness (QED) is 0.491. The number of hydrogen-bond acceptors (Lipinski definition) is 3. The van der Waals surface area contributed by atoms with Crippen LogP contribution in [0.25, 0.3) is 10.8 Å². The highest BCUT2D eigenvalue weighted by molar-refractivity contribution is 7.98. The molecule has 106 valence electrons. The van der Waals surface area contributed by atoms with Gasteiger partial charge in [-0.05, 0) is 47.4 Å². The third-order valence-corrected chi connectivity index (χ3v) is 4.82. The minimum absolute atomic E-state index is 0.0637. The van der Waals surface area contributed by atoms with Crippen LogP contribution < -0.4 is 0 Å². The SMILES string of the molecule is CSc1ccc2c(c1)C(=O)c1cc3ccccc3cc1C2=O. The minimum Gasteiger partial charge on any atom is -0.289 e. The Morgan fingerprint density at radius 2 is 1.23 bits per heavy atom. The predicted octanol–water partition coefficient (Wildman–Crippen LogP) is 4.34. The summed E-state index contributed by atoms with van der Waals surface area (Å²) in [5.41, 5.74) is 2.03. The molecule has 0 aliphatic heterocycles. The van der Waals surface area contributed by atoms with E-state index >= 15 is 0 Å². The topological polar surface area (TPSA) is 34.1 Å². The molecule has 3 aromatic rings. The Labute approximate surface area is 132 Å². The highest BCUT2D eigenvalue weighted by Gasteiger charge is 2.30. The fourth-order valence-corrected chi connectivity index (χ4v) is 3.38. The van der Waals surface area contributed by atoms with Crippen LogP contribution in [0, 0.1) is 0 Å². The second-order valence-corrected chi connectivity index (χ2v) is 6.19. The number of carbonyl (C=O) groups is 2. The summed E-state index contributed by atoms with van der Waals surface area (Å²) in [6, 6.07) is 16.9. The van der Waals surface area contributed by atoms with E-state index in [1.165, 1.54) is 0 Å². The van der Waals surface area contributed by atoms with Crippen molar-refractivity contribution in [1.82, 2.24) is 0 Å². The lowest BCUT2D eigenvalue weighted by molar-refractivity contribution is 0.0979. The van der Waals surface area contributed by atoms with E-state index in [9.17, 15) is 9.59 Å². The lowest BCUT2D eigenvalue weighted by Gasteiger charge is -2.18. The van der Waals surface area contributed by atoms with Crippen molar-refractivity contribution in [1.29, 1.82) is 0 Å². The van der Waals surface area contributed by atoms with Gasteiger partial charge in [0, 0.05) is 27.1 Å². The molecular weight excluding hydrogens is 292 g/mol. The maximum atomic E-state index is 12.8. The molecule has 0 spiro atoms. The van der Waals surface area contributed by atoms with Gasteiger partial charge in [-0.3, -0.25) is 9.59 Å². The van der Waals surface area contributed by atoms with Crippen LogP contribution in [0.1, 0.15) is 31.8 Å². The number of hydrogen-bond donors (Lipinski definition) is 0. The van der Waals surface area contributed by atoms with Crippen LogP contribution in [0.5, 0.6) is 0 Å². The average Bonchev–Trinajstić information content (AvgIpc) is 2.58. The Kier molecular flexibility index (Phi) is 2.91. The molecule has 0 bridgehead atoms. The van der Waals surface area contributed by atoms with Crippen LogP contribution >= 0.6 is 11.8 Å². The van der Waals surface area contributed by atoms with Crippen LogP contribution in [0.4, 0.5) is 0 Å². The minimum atomic E-state index is -0.0667. The molecule has 2 nitrogen and oxygen atoms in total. The van der Waals surface area contributed by atoms with Gasteiger partial charge in [0.25, 0.3) is 0 Å². The molecule has 4 rings (SSSR count). The van der Waals surface area contributed by atoms with Crippen molar-refractivity contribution < 1.29 is 9.59 Å². The molecule has 1 aliphatic rings. The zero-order chi connectivity index (χ0) is 15.3. The van der Waals surface area contributed by atoms with Crippen LogP contribution in [0.2, 0.25) is 0 Å². The number of ketones is 2. The van der Waals surface area contributed by atoms with Gasteiger partial charge in [-0.1, -0.05) is 24.3 Å². The molecular formula is C19H12O2S. The highest BCUT2D eigenvalue weighted by atomic mass is 32.2. The maximum absolute atomic E-state index is 12.8. The van der Waals surface area contributed by atoms with Crippen molar-refractivity contribution in [2.75, 3.05) is 6.26 Å². The summed E-state index contributed by atoms with van der Waals surface area (Å²) in [7, 11) is 0. The number of carbonyl (C=O) groups excluding carboxylic acids is 2. The van der Waals surface area contributed by atoms with E-state index in [-0.39, 0.29) is 11.6 Å². The lowest BCUT2D eigenvalue weighted by Crippen LogP contribution is -2.20. The van der Waals surface area contributed by atoms with E-state index in [0.717, 1.165) is 15.7 Å². The van der Waals surface area contributed by atoms with E-state index in [2.05, 4.69) is 0 Å². The van der Waals surface area contributed by atoms with Crippen molar-refractivity contribution >= 4 is 34.1 Å². The largest absolute Gasteiger partial charge is 0.289 e. The van der Waals surface area contributed by atoms with Gasteiger partial charge in [0.15, 0.2) is 11.6 Å². The monoisotopic (exact) mass is 304 g/mol. The summed E-state index contributed by atoms with van der Waals surface area (Å²) in [6.07, 6.45) is 1.96. The van der Waals surface area contributed by atoms with Gasteiger partial charge < -0.3 is 0 Å². The van der Waals surface area contributed by atoms with Crippen molar-refractivity contribution in [3.63, 3.8) is 0 Å². The van der Waals surface area contributed by atoms with Crippen molar-refractivity contribution in [2.45, 2.75) is 4.90 Å². The van der Waals surface area contributed by atoms with E-state index in [1.54, 1.807) is 17.8 Å². The van der Waals surface area contributed by atoms with Gasteiger partial charge in [0.1, 0.15) is 0 Å². The van der Waals surface area contributed by atoms with E-state index < -0.39 is 0 Å². The molecule has 0 saturated carbocycles. The third-order valence-electron chi connectivity index (χ3n) is 4.09. The van der Waals surface area contributed by atoms with Crippen molar-refractivity contribution in [2.24, 2.45) is 0 Å². The summed E-state index contributed by atoms with van der Waals surface area (Å²) in [6.45, 7) is 0. The third kappa shape index (κ3) is 1.82. The summed E-state index contributed by atoms with van der Waals surface area (Å²) in [4.78, 5) is 26.5. The first-order valence-electron chi connectivity index (χ1n) is 6.99. The summed E-state index contributed by atoms with van der Waals surface area (Å²) >= 11 is 1.57. The number of benzene rings is 3. The normalized spacial score (nSPS) is 13.1. The van der Waals surface area contributed by atoms with Crippen LogP contribution in [-0.4, -0.2) is 17.8 Å². The molecule has 0 heterocycles. The number of rotatable bonds is 1. The molecule has 0 radical (unpaired) electrons. The Bertz CT molecular complexity index is 957. The van der Waals surface area contributed by atoms with E-state index in [1.807, 2.05) is 54.8 Å². The summed E-state index contributed by atoms with van der Waals surface area (Å²) in [5, 5.41) is 1.96. The van der Waals surface area contributed by atoms with Crippen LogP contribution in [0.3, 0.4) is 0 Å². The Morgan fingerprint density at radius 1 is 0.682 bits per heavy atom. The van der Waals surface area contributed by atoms with Gasteiger partial charge in [0.05, 0.1) is 0 Å². The van der Waals surface area contributed by atoms with Crippen molar-refractivity contribution in [3.05, 3.63) is 76.9 Å². The predicted molar refractivity (Wildman–Crippen MR) is 89.0 cm³/mol. The van der Waals surface area contributed by atoms with Crippen LogP contribution in [-0.2, 0) is 0 Å². The van der Waals surface area contributed by atoms with Gasteiger partial charge in [0.2, 0.25) is 0 Å². The molecule has 22 heavy (non-hydrogen) atoms. The second-order valence-electron chi connectivity index (χ2n) is 5.31. The van der Waals surface area contributed by atoms with Gasteiger partial charge in [-0.25, -0.2) is 0 Å². The van der Waals surface area contributed by atoms with E-state index in [0.29, 0.717) is 22.3 Å². The first kappa shape index (κ1) is 13.3. The molecule has 0 aromatic heterocycles. The first-order chi connectivity index (χ1) is 10.7. The summed E-state index contributed by atoms with van der Waals surface area (Å²) in [5.74, 6) is -0.130. The zero-order valence-electron chi connectivity index (χ0n) is 11.9. The molecule has 1 aliphatic carbocycles. The molecule has 0 N–H and O–H groups in total. The fourth-order valence-electron chi connectivity index (χ4n) is 2.94. The molecule has 0 saturated heterocycles. The highest BCUT2D eigenvalue weighted by Crippen LogP contribution is 2.32. The van der Waals surface area contributed by atoms with Gasteiger partial charge >= 0.3 is 0 Å². The Morgan fingerprint density at radius 3 is 1.82 bits per heavy atom. The maximum Gasteiger partial charge on any atom is 0.194 e. The van der Waals surface area contributed by atoms with E-state index in [4.69, 9.17) is 0 Å². The van der Waals surface area contributed by atoms with Gasteiger partial charge in [-0.2, -0.15) is 0 Å².